The van der Waals surface area contributed by atoms with Gasteiger partial charge in [-0.15, -0.1) is 0 Å². The summed E-state index contributed by atoms with van der Waals surface area (Å²) in [6.07, 6.45) is 4.20. The van der Waals surface area contributed by atoms with E-state index in [2.05, 4.69) is 11.0 Å². The van der Waals surface area contributed by atoms with Crippen LogP contribution in [0.25, 0.3) is 0 Å². The van der Waals surface area contributed by atoms with Crippen molar-refractivity contribution in [1.29, 1.82) is 5.41 Å². The molecule has 3 N–H and O–H groups in total. The lowest BCUT2D eigenvalue weighted by Gasteiger charge is -2.18. The zero-order valence-corrected chi connectivity index (χ0v) is 12.8. The standard InChI is InChI=1S/C16H25N3O/c1-12(10-17)5-6-14-9-15(20-11-13(2)18)7-8-16(14)19(3)4/h5,7-10,13,17H,6,11,18H2,1-4H3/b12-5+,17-10?/t13-/m1/s1. The maximum Gasteiger partial charge on any atom is 0.119 e. The minimum absolute atomic E-state index is 0.0204. The fraction of sp³-hybridized carbons (Fsp3) is 0.438. The Hall–Kier alpha value is -1.81. The lowest BCUT2D eigenvalue weighted by Crippen LogP contribution is -2.23. The first-order valence-electron chi connectivity index (χ1n) is 6.80. The van der Waals surface area contributed by atoms with Gasteiger partial charge >= 0.3 is 0 Å². The molecule has 0 saturated heterocycles. The highest BCUT2D eigenvalue weighted by Gasteiger charge is 2.06. The molecule has 1 aromatic carbocycles. The fourth-order valence-corrected chi connectivity index (χ4v) is 1.81. The first-order valence-corrected chi connectivity index (χ1v) is 6.80. The molecule has 0 fully saturated rings. The van der Waals surface area contributed by atoms with Gasteiger partial charge in [0.1, 0.15) is 12.4 Å². The summed E-state index contributed by atoms with van der Waals surface area (Å²) in [5.74, 6) is 0.837. The Morgan fingerprint density at radius 2 is 2.15 bits per heavy atom. The van der Waals surface area contributed by atoms with Gasteiger partial charge in [0.05, 0.1) is 0 Å². The second-order valence-electron chi connectivity index (χ2n) is 5.27. The summed E-state index contributed by atoms with van der Waals surface area (Å²) in [5.41, 5.74) is 9.00. The van der Waals surface area contributed by atoms with Crippen LogP contribution in [0.2, 0.25) is 0 Å². The molecule has 0 aliphatic rings. The summed E-state index contributed by atoms with van der Waals surface area (Å²) >= 11 is 0. The number of nitrogens with two attached hydrogens (primary N) is 1. The number of allylic oxidation sites excluding steroid dienone is 2. The van der Waals surface area contributed by atoms with Crippen molar-refractivity contribution in [2.45, 2.75) is 26.3 Å². The van der Waals surface area contributed by atoms with Crippen LogP contribution in [0.15, 0.2) is 29.8 Å². The van der Waals surface area contributed by atoms with Crippen LogP contribution < -0.4 is 15.4 Å². The highest BCUT2D eigenvalue weighted by atomic mass is 16.5. The molecule has 1 aromatic rings. The van der Waals surface area contributed by atoms with Gasteiger partial charge in [-0.1, -0.05) is 6.08 Å². The number of anilines is 1. The van der Waals surface area contributed by atoms with Crippen LogP contribution in [0.4, 0.5) is 5.69 Å². The monoisotopic (exact) mass is 275 g/mol. The van der Waals surface area contributed by atoms with Crippen molar-refractivity contribution in [1.82, 2.24) is 0 Å². The fourth-order valence-electron chi connectivity index (χ4n) is 1.81. The first kappa shape index (κ1) is 16.2. The number of rotatable bonds is 7. The summed E-state index contributed by atoms with van der Waals surface area (Å²) in [4.78, 5) is 2.08. The molecule has 0 unspecified atom stereocenters. The molecule has 0 radical (unpaired) electrons. The van der Waals surface area contributed by atoms with Crippen LogP contribution in [0.5, 0.6) is 5.75 Å². The van der Waals surface area contributed by atoms with Crippen LogP contribution in [0, 0.1) is 5.41 Å². The Morgan fingerprint density at radius 1 is 1.45 bits per heavy atom. The van der Waals surface area contributed by atoms with E-state index in [0.717, 1.165) is 23.4 Å². The molecule has 0 aromatic heterocycles. The Balaban J connectivity index is 2.96. The van der Waals surface area contributed by atoms with Gasteiger partial charge in [-0.25, -0.2) is 0 Å². The third-order valence-corrected chi connectivity index (χ3v) is 2.92. The van der Waals surface area contributed by atoms with Crippen LogP contribution in [-0.2, 0) is 6.42 Å². The largest absolute Gasteiger partial charge is 0.492 e. The van der Waals surface area contributed by atoms with E-state index in [-0.39, 0.29) is 6.04 Å². The Labute approximate surface area is 121 Å². The van der Waals surface area contributed by atoms with E-state index >= 15 is 0 Å². The van der Waals surface area contributed by atoms with E-state index < -0.39 is 0 Å². The summed E-state index contributed by atoms with van der Waals surface area (Å²) in [6.45, 7) is 4.36. The van der Waals surface area contributed by atoms with Crippen LogP contribution in [-0.4, -0.2) is 33.0 Å². The minimum Gasteiger partial charge on any atom is -0.492 e. The smallest absolute Gasteiger partial charge is 0.119 e. The summed E-state index contributed by atoms with van der Waals surface area (Å²) in [5, 5.41) is 7.23. The molecule has 1 rings (SSSR count). The van der Waals surface area contributed by atoms with Crippen molar-refractivity contribution in [3.63, 3.8) is 0 Å². The molecular weight excluding hydrogens is 250 g/mol. The molecule has 0 bridgehead atoms. The predicted molar refractivity (Wildman–Crippen MR) is 86.2 cm³/mol. The van der Waals surface area contributed by atoms with Crippen molar-refractivity contribution in [2.24, 2.45) is 5.73 Å². The van der Waals surface area contributed by atoms with Gasteiger partial charge in [0.2, 0.25) is 0 Å². The Bertz CT molecular complexity index is 479. The third-order valence-electron chi connectivity index (χ3n) is 2.92. The number of benzene rings is 1. The Morgan fingerprint density at radius 3 is 2.70 bits per heavy atom. The summed E-state index contributed by atoms with van der Waals surface area (Å²) < 4.78 is 5.67. The second kappa shape index (κ2) is 7.70. The van der Waals surface area contributed by atoms with Gasteiger partial charge in [-0.2, -0.15) is 0 Å². The van der Waals surface area contributed by atoms with Crippen LogP contribution in [0.3, 0.4) is 0 Å². The number of nitrogens with one attached hydrogen (secondary N) is 1. The van der Waals surface area contributed by atoms with E-state index in [4.69, 9.17) is 15.9 Å². The molecule has 20 heavy (non-hydrogen) atoms. The number of hydrogen-bond donors (Lipinski definition) is 2. The number of nitrogens with zero attached hydrogens (tertiary/aromatic N) is 1. The molecular formula is C16H25N3O. The van der Waals surface area contributed by atoms with E-state index in [1.54, 1.807) is 0 Å². The van der Waals surface area contributed by atoms with E-state index in [1.165, 1.54) is 11.8 Å². The average molecular weight is 275 g/mol. The zero-order chi connectivity index (χ0) is 15.1. The maximum absolute atomic E-state index is 7.23. The van der Waals surface area contributed by atoms with E-state index in [1.807, 2.05) is 46.2 Å². The van der Waals surface area contributed by atoms with Gasteiger partial charge in [0.25, 0.3) is 0 Å². The molecule has 0 heterocycles. The van der Waals surface area contributed by atoms with Gasteiger partial charge < -0.3 is 20.8 Å². The van der Waals surface area contributed by atoms with Crippen molar-refractivity contribution in [2.75, 3.05) is 25.6 Å². The SMILES string of the molecule is C/C(C=N)=C\Cc1cc(OC[C@@H](C)N)ccc1N(C)C. The third kappa shape index (κ3) is 5.05. The maximum atomic E-state index is 7.23. The van der Waals surface area contributed by atoms with Crippen molar-refractivity contribution >= 4 is 11.9 Å². The van der Waals surface area contributed by atoms with Crippen LogP contribution in [0.1, 0.15) is 19.4 Å². The molecule has 4 nitrogen and oxygen atoms in total. The van der Waals surface area contributed by atoms with E-state index in [9.17, 15) is 0 Å². The van der Waals surface area contributed by atoms with Gasteiger partial charge in [0, 0.05) is 32.0 Å². The topological polar surface area (TPSA) is 62.3 Å². The second-order valence-corrected chi connectivity index (χ2v) is 5.27. The van der Waals surface area contributed by atoms with Gasteiger partial charge in [0.15, 0.2) is 0 Å². The van der Waals surface area contributed by atoms with E-state index in [0.29, 0.717) is 6.61 Å². The highest BCUT2D eigenvalue weighted by Crippen LogP contribution is 2.25. The summed E-state index contributed by atoms with van der Waals surface area (Å²) in [7, 11) is 4.04. The molecule has 0 spiro atoms. The van der Waals surface area contributed by atoms with Gasteiger partial charge in [-0.3, -0.25) is 0 Å². The molecule has 0 aliphatic heterocycles. The molecule has 110 valence electrons. The average Bonchev–Trinajstić information content (AvgIpc) is 2.42. The Kier molecular flexibility index (Phi) is 6.25. The molecule has 0 saturated carbocycles. The first-order chi connectivity index (χ1) is 9.43. The quantitative estimate of drug-likeness (QED) is 0.752. The molecule has 0 aliphatic carbocycles. The highest BCUT2D eigenvalue weighted by molar-refractivity contribution is 5.74. The summed E-state index contributed by atoms with van der Waals surface area (Å²) in [6, 6.07) is 6.09. The van der Waals surface area contributed by atoms with Gasteiger partial charge in [-0.05, 0) is 49.6 Å². The van der Waals surface area contributed by atoms with Crippen molar-refractivity contribution in [3.8, 4) is 5.75 Å². The van der Waals surface area contributed by atoms with Crippen molar-refractivity contribution < 1.29 is 4.74 Å². The lowest BCUT2D eigenvalue weighted by atomic mass is 10.1. The predicted octanol–water partition coefficient (Wildman–Crippen LogP) is 2.62. The van der Waals surface area contributed by atoms with Crippen LogP contribution >= 0.6 is 0 Å². The number of ether oxygens (including phenoxy) is 1. The number of hydrogen-bond acceptors (Lipinski definition) is 4. The lowest BCUT2D eigenvalue weighted by molar-refractivity contribution is 0.296. The minimum atomic E-state index is 0.0204. The molecule has 0 amide bonds. The normalized spacial score (nSPS) is 12.9. The van der Waals surface area contributed by atoms with Crippen molar-refractivity contribution in [3.05, 3.63) is 35.4 Å². The molecule has 1 atom stereocenters. The zero-order valence-electron chi connectivity index (χ0n) is 12.8. The molecule has 4 heteroatoms.